The average molecular weight is 459 g/mol. The van der Waals surface area contributed by atoms with Crippen molar-refractivity contribution in [2.75, 3.05) is 0 Å². The van der Waals surface area contributed by atoms with Crippen molar-refractivity contribution in [2.45, 2.75) is 38.6 Å². The maximum absolute atomic E-state index is 12.7. The third-order valence-corrected chi connectivity index (χ3v) is 5.82. The van der Waals surface area contributed by atoms with Crippen LogP contribution in [0, 0.1) is 0 Å². The molecule has 174 valence electrons. The summed E-state index contributed by atoms with van der Waals surface area (Å²) in [5, 5.41) is 11.9. The molecule has 3 aromatic carbocycles. The van der Waals surface area contributed by atoms with E-state index >= 15 is 0 Å². The average Bonchev–Trinajstić information content (AvgIpc) is 3.23. The zero-order valence-electron chi connectivity index (χ0n) is 18.6. The molecule has 34 heavy (non-hydrogen) atoms. The highest BCUT2D eigenvalue weighted by Gasteiger charge is 2.35. The van der Waals surface area contributed by atoms with E-state index in [1.165, 1.54) is 0 Å². The maximum Gasteiger partial charge on any atom is 0.335 e. The predicted octanol–water partition coefficient (Wildman–Crippen LogP) is 3.77. The first-order valence-electron chi connectivity index (χ1n) is 11.1. The first kappa shape index (κ1) is 23.0. The van der Waals surface area contributed by atoms with Crippen LogP contribution in [-0.4, -0.2) is 33.8 Å². The number of hydrogen-bond donors (Lipinski definition) is 2. The molecule has 1 fully saturated rings. The lowest BCUT2D eigenvalue weighted by atomic mass is 10.1. The number of ether oxygens (including phenoxy) is 1. The highest BCUT2D eigenvalue weighted by molar-refractivity contribution is 5.91. The van der Waals surface area contributed by atoms with Crippen molar-refractivity contribution in [3.8, 4) is 5.75 Å². The van der Waals surface area contributed by atoms with Crippen LogP contribution in [0.5, 0.6) is 5.75 Å². The zero-order chi connectivity index (χ0) is 23.9. The molecular formula is C27H26N2O5. The number of carbonyl (C=O) groups excluding carboxylic acids is 2. The van der Waals surface area contributed by atoms with Gasteiger partial charge < -0.3 is 20.1 Å². The summed E-state index contributed by atoms with van der Waals surface area (Å²) in [7, 11) is 0. The quantitative estimate of drug-likeness (QED) is 0.509. The van der Waals surface area contributed by atoms with Crippen LogP contribution in [0.25, 0.3) is 0 Å². The molecule has 1 aliphatic rings. The van der Waals surface area contributed by atoms with Gasteiger partial charge in [0.1, 0.15) is 18.4 Å². The van der Waals surface area contributed by atoms with Gasteiger partial charge in [0.15, 0.2) is 0 Å². The van der Waals surface area contributed by atoms with Gasteiger partial charge >= 0.3 is 5.97 Å². The van der Waals surface area contributed by atoms with E-state index in [-0.39, 0.29) is 17.4 Å². The van der Waals surface area contributed by atoms with E-state index < -0.39 is 12.0 Å². The molecule has 7 heteroatoms. The molecule has 0 saturated carbocycles. The van der Waals surface area contributed by atoms with E-state index in [0.717, 1.165) is 16.7 Å². The van der Waals surface area contributed by atoms with E-state index in [9.17, 15) is 14.4 Å². The number of nitrogens with zero attached hydrogens (tertiary/aromatic N) is 1. The van der Waals surface area contributed by atoms with Crippen LogP contribution in [0.2, 0.25) is 0 Å². The molecule has 1 aliphatic heterocycles. The van der Waals surface area contributed by atoms with Crippen LogP contribution < -0.4 is 10.1 Å². The number of carboxylic acid groups (broad SMARTS) is 1. The van der Waals surface area contributed by atoms with E-state index in [0.29, 0.717) is 38.3 Å². The van der Waals surface area contributed by atoms with Crippen molar-refractivity contribution < 1.29 is 24.2 Å². The van der Waals surface area contributed by atoms with Gasteiger partial charge in [-0.3, -0.25) is 9.59 Å². The maximum atomic E-state index is 12.7. The van der Waals surface area contributed by atoms with Crippen LogP contribution >= 0.6 is 0 Å². The van der Waals surface area contributed by atoms with Gasteiger partial charge in [0.25, 0.3) is 0 Å². The standard InChI is InChI=1S/C27H26N2O5/c30-25-15-14-24(26(31)28-16-19-4-2-1-3-5-19)29(25)17-20-8-12-23(13-9-20)34-18-21-6-10-22(11-7-21)27(32)33/h1-13,24H,14-18H2,(H,28,31)(H,32,33)/t24-/m0/s1. The summed E-state index contributed by atoms with van der Waals surface area (Å²) in [6.07, 6.45) is 0.882. The molecule has 4 rings (SSSR count). The predicted molar refractivity (Wildman–Crippen MR) is 126 cm³/mol. The summed E-state index contributed by atoms with van der Waals surface area (Å²) in [6.45, 7) is 1.11. The van der Waals surface area contributed by atoms with E-state index in [1.807, 2.05) is 54.6 Å². The van der Waals surface area contributed by atoms with Gasteiger partial charge in [-0.15, -0.1) is 0 Å². The molecule has 2 N–H and O–H groups in total. The SMILES string of the molecule is O=C(O)c1ccc(COc2ccc(CN3C(=O)CC[C@H]3C(=O)NCc3ccccc3)cc2)cc1. The Kier molecular flexibility index (Phi) is 7.22. The topological polar surface area (TPSA) is 95.9 Å². The van der Waals surface area contributed by atoms with Gasteiger partial charge in [-0.2, -0.15) is 0 Å². The molecule has 1 heterocycles. The first-order chi connectivity index (χ1) is 16.5. The van der Waals surface area contributed by atoms with Crippen LogP contribution in [0.3, 0.4) is 0 Å². The van der Waals surface area contributed by atoms with Gasteiger partial charge in [-0.25, -0.2) is 4.79 Å². The minimum atomic E-state index is -0.963. The van der Waals surface area contributed by atoms with Crippen molar-refractivity contribution in [3.05, 3.63) is 101 Å². The Morgan fingerprint density at radius 1 is 0.912 bits per heavy atom. The molecule has 0 aliphatic carbocycles. The Morgan fingerprint density at radius 3 is 2.26 bits per heavy atom. The third kappa shape index (κ3) is 5.81. The Bertz CT molecular complexity index is 1140. The van der Waals surface area contributed by atoms with Crippen LogP contribution in [0.4, 0.5) is 0 Å². The summed E-state index contributed by atoms with van der Waals surface area (Å²) in [5.74, 6) is -0.458. The number of hydrogen-bond acceptors (Lipinski definition) is 4. The summed E-state index contributed by atoms with van der Waals surface area (Å²) in [5.41, 5.74) is 3.02. The molecule has 0 radical (unpaired) electrons. The minimum Gasteiger partial charge on any atom is -0.489 e. The van der Waals surface area contributed by atoms with Crippen molar-refractivity contribution in [1.29, 1.82) is 0 Å². The molecule has 0 spiro atoms. The minimum absolute atomic E-state index is 0.0232. The highest BCUT2D eigenvalue weighted by Crippen LogP contribution is 2.23. The van der Waals surface area contributed by atoms with Crippen LogP contribution in [0.1, 0.15) is 39.9 Å². The fourth-order valence-corrected chi connectivity index (χ4v) is 3.91. The van der Waals surface area contributed by atoms with E-state index in [2.05, 4.69) is 5.32 Å². The Hall–Kier alpha value is -4.13. The summed E-state index contributed by atoms with van der Waals surface area (Å²) >= 11 is 0. The molecule has 1 atom stereocenters. The Morgan fingerprint density at radius 2 is 1.59 bits per heavy atom. The number of likely N-dealkylation sites (tertiary alicyclic amines) is 1. The lowest BCUT2D eigenvalue weighted by molar-refractivity contribution is -0.135. The number of amides is 2. The molecule has 0 aromatic heterocycles. The Labute approximate surface area is 198 Å². The third-order valence-electron chi connectivity index (χ3n) is 5.82. The van der Waals surface area contributed by atoms with Gasteiger partial charge in [0.05, 0.1) is 5.56 Å². The second kappa shape index (κ2) is 10.7. The number of carbonyl (C=O) groups is 3. The van der Waals surface area contributed by atoms with E-state index in [4.69, 9.17) is 9.84 Å². The van der Waals surface area contributed by atoms with Crippen molar-refractivity contribution >= 4 is 17.8 Å². The Balaban J connectivity index is 1.31. The number of rotatable bonds is 9. The molecule has 0 bridgehead atoms. The zero-order valence-corrected chi connectivity index (χ0v) is 18.6. The van der Waals surface area contributed by atoms with Gasteiger partial charge in [-0.1, -0.05) is 54.6 Å². The van der Waals surface area contributed by atoms with E-state index in [1.54, 1.807) is 29.2 Å². The van der Waals surface area contributed by atoms with Crippen molar-refractivity contribution in [1.82, 2.24) is 10.2 Å². The number of aromatic carboxylic acids is 1. The van der Waals surface area contributed by atoms with Crippen LogP contribution in [-0.2, 0) is 29.3 Å². The lowest BCUT2D eigenvalue weighted by Gasteiger charge is -2.24. The molecule has 0 unspecified atom stereocenters. The summed E-state index contributed by atoms with van der Waals surface area (Å²) in [6, 6.07) is 23.2. The smallest absolute Gasteiger partial charge is 0.335 e. The highest BCUT2D eigenvalue weighted by atomic mass is 16.5. The van der Waals surface area contributed by atoms with Crippen molar-refractivity contribution in [3.63, 3.8) is 0 Å². The first-order valence-corrected chi connectivity index (χ1v) is 11.1. The molecular weight excluding hydrogens is 432 g/mol. The fraction of sp³-hybridized carbons (Fsp3) is 0.222. The number of nitrogens with one attached hydrogen (secondary N) is 1. The summed E-state index contributed by atoms with van der Waals surface area (Å²) < 4.78 is 5.78. The molecule has 1 saturated heterocycles. The molecule has 7 nitrogen and oxygen atoms in total. The van der Waals surface area contributed by atoms with Crippen LogP contribution in [0.15, 0.2) is 78.9 Å². The second-order valence-corrected chi connectivity index (χ2v) is 8.21. The monoisotopic (exact) mass is 458 g/mol. The number of benzene rings is 3. The van der Waals surface area contributed by atoms with Crippen molar-refractivity contribution in [2.24, 2.45) is 0 Å². The second-order valence-electron chi connectivity index (χ2n) is 8.21. The number of carboxylic acids is 1. The molecule has 2 amide bonds. The van der Waals surface area contributed by atoms with Gasteiger partial charge in [0, 0.05) is 19.5 Å². The lowest BCUT2D eigenvalue weighted by Crippen LogP contribution is -2.44. The van der Waals surface area contributed by atoms with Gasteiger partial charge in [-0.05, 0) is 47.4 Å². The largest absolute Gasteiger partial charge is 0.489 e. The van der Waals surface area contributed by atoms with Gasteiger partial charge in [0.2, 0.25) is 11.8 Å². The summed E-state index contributed by atoms with van der Waals surface area (Å²) in [4.78, 5) is 37.8. The molecule has 3 aromatic rings. The fourth-order valence-electron chi connectivity index (χ4n) is 3.91. The normalized spacial score (nSPS) is 15.2.